The van der Waals surface area contributed by atoms with Crippen molar-refractivity contribution in [2.24, 2.45) is 14.1 Å². The summed E-state index contributed by atoms with van der Waals surface area (Å²) in [6.07, 6.45) is 0.102. The predicted octanol–water partition coefficient (Wildman–Crippen LogP) is 2.92. The molecule has 1 heterocycles. The molecular formula is C19H21N3O3. The zero-order valence-corrected chi connectivity index (χ0v) is 14.7. The summed E-state index contributed by atoms with van der Waals surface area (Å²) in [5.41, 5.74) is 2.58. The van der Waals surface area contributed by atoms with Gasteiger partial charge in [-0.05, 0) is 56.3 Å². The molecule has 6 heteroatoms. The van der Waals surface area contributed by atoms with Gasteiger partial charge in [-0.25, -0.2) is 4.79 Å². The van der Waals surface area contributed by atoms with Gasteiger partial charge < -0.3 is 10.1 Å². The summed E-state index contributed by atoms with van der Waals surface area (Å²) >= 11 is 0. The van der Waals surface area contributed by atoms with Gasteiger partial charge in [0.25, 0.3) is 5.91 Å². The van der Waals surface area contributed by atoms with Crippen LogP contribution >= 0.6 is 0 Å². The molecule has 6 nitrogen and oxygen atoms in total. The SMILES string of the molecule is CC(C)Oc1ccc(NC(=O)c2ccc3c(c2)n(C)c(=O)n3C)cc1. The second kappa shape index (κ2) is 6.47. The highest BCUT2D eigenvalue weighted by Gasteiger charge is 2.12. The number of benzene rings is 2. The average molecular weight is 339 g/mol. The molecule has 1 aromatic heterocycles. The van der Waals surface area contributed by atoms with Crippen molar-refractivity contribution in [1.82, 2.24) is 9.13 Å². The Kier molecular flexibility index (Phi) is 4.35. The van der Waals surface area contributed by atoms with Gasteiger partial charge in [0.05, 0.1) is 17.1 Å². The first-order chi connectivity index (χ1) is 11.9. The lowest BCUT2D eigenvalue weighted by Crippen LogP contribution is -2.19. The molecule has 0 atom stereocenters. The molecule has 0 saturated heterocycles. The Morgan fingerprint density at radius 2 is 1.64 bits per heavy atom. The standard InChI is InChI=1S/C19H21N3O3/c1-12(2)25-15-8-6-14(7-9-15)20-18(23)13-5-10-16-17(11-13)22(4)19(24)21(16)3/h5-12H,1-4H3,(H,20,23). The number of aromatic nitrogens is 2. The molecule has 0 radical (unpaired) electrons. The Hall–Kier alpha value is -3.02. The molecule has 0 bridgehead atoms. The molecule has 2 aromatic carbocycles. The third-order valence-electron chi connectivity index (χ3n) is 4.02. The second-order valence-corrected chi connectivity index (χ2v) is 6.25. The highest BCUT2D eigenvalue weighted by Crippen LogP contribution is 2.19. The van der Waals surface area contributed by atoms with E-state index in [-0.39, 0.29) is 17.7 Å². The smallest absolute Gasteiger partial charge is 0.328 e. The van der Waals surface area contributed by atoms with E-state index in [1.54, 1.807) is 49.0 Å². The Morgan fingerprint density at radius 1 is 1.00 bits per heavy atom. The normalized spacial score (nSPS) is 11.1. The largest absolute Gasteiger partial charge is 0.491 e. The molecule has 0 fully saturated rings. The van der Waals surface area contributed by atoms with Crippen molar-refractivity contribution in [3.8, 4) is 5.75 Å². The van der Waals surface area contributed by atoms with Crippen LogP contribution in [0.5, 0.6) is 5.75 Å². The van der Waals surface area contributed by atoms with Crippen LogP contribution in [0.2, 0.25) is 0 Å². The summed E-state index contributed by atoms with van der Waals surface area (Å²) in [7, 11) is 3.41. The van der Waals surface area contributed by atoms with E-state index in [0.29, 0.717) is 11.3 Å². The van der Waals surface area contributed by atoms with E-state index in [4.69, 9.17) is 4.74 Å². The molecule has 1 amide bonds. The summed E-state index contributed by atoms with van der Waals surface area (Å²) in [6, 6.07) is 12.5. The number of hydrogen-bond acceptors (Lipinski definition) is 3. The first-order valence-electron chi connectivity index (χ1n) is 8.10. The highest BCUT2D eigenvalue weighted by atomic mass is 16.5. The number of nitrogens with one attached hydrogen (secondary N) is 1. The highest BCUT2D eigenvalue weighted by molar-refractivity contribution is 6.06. The molecule has 3 aromatic rings. The number of carbonyl (C=O) groups is 1. The van der Waals surface area contributed by atoms with Gasteiger partial charge in [0, 0.05) is 25.3 Å². The number of aryl methyl sites for hydroxylation is 2. The molecule has 25 heavy (non-hydrogen) atoms. The van der Waals surface area contributed by atoms with Crippen molar-refractivity contribution in [1.29, 1.82) is 0 Å². The van der Waals surface area contributed by atoms with Crippen LogP contribution < -0.4 is 15.7 Å². The zero-order valence-electron chi connectivity index (χ0n) is 14.7. The van der Waals surface area contributed by atoms with Gasteiger partial charge in [-0.15, -0.1) is 0 Å². The summed E-state index contributed by atoms with van der Waals surface area (Å²) in [6.45, 7) is 3.92. The minimum absolute atomic E-state index is 0.102. The van der Waals surface area contributed by atoms with Gasteiger partial charge in [-0.2, -0.15) is 0 Å². The molecule has 0 unspecified atom stereocenters. The Labute approximate surface area is 145 Å². The van der Waals surface area contributed by atoms with Crippen LogP contribution in [0, 0.1) is 0 Å². The van der Waals surface area contributed by atoms with Crippen LogP contribution in [0.15, 0.2) is 47.3 Å². The fraction of sp³-hybridized carbons (Fsp3) is 0.263. The van der Waals surface area contributed by atoms with E-state index in [1.165, 1.54) is 4.57 Å². The van der Waals surface area contributed by atoms with Crippen LogP contribution in [0.4, 0.5) is 5.69 Å². The van der Waals surface area contributed by atoms with Gasteiger partial charge >= 0.3 is 5.69 Å². The minimum Gasteiger partial charge on any atom is -0.491 e. The quantitative estimate of drug-likeness (QED) is 0.795. The number of rotatable bonds is 4. The maximum Gasteiger partial charge on any atom is 0.328 e. The lowest BCUT2D eigenvalue weighted by atomic mass is 10.1. The first-order valence-corrected chi connectivity index (χ1v) is 8.10. The zero-order chi connectivity index (χ0) is 18.1. The van der Waals surface area contributed by atoms with Crippen LogP contribution in [0.25, 0.3) is 11.0 Å². The van der Waals surface area contributed by atoms with Crippen molar-refractivity contribution >= 4 is 22.6 Å². The molecule has 0 aliphatic rings. The van der Waals surface area contributed by atoms with E-state index in [2.05, 4.69) is 5.32 Å². The first kappa shape index (κ1) is 16.8. The lowest BCUT2D eigenvalue weighted by Gasteiger charge is -2.10. The van der Waals surface area contributed by atoms with Crippen molar-refractivity contribution in [2.45, 2.75) is 20.0 Å². The molecular weight excluding hydrogens is 318 g/mol. The number of carbonyl (C=O) groups excluding carboxylic acids is 1. The van der Waals surface area contributed by atoms with Gasteiger partial charge in [-0.3, -0.25) is 13.9 Å². The molecule has 0 saturated carbocycles. The predicted molar refractivity (Wildman–Crippen MR) is 98.3 cm³/mol. The Morgan fingerprint density at radius 3 is 2.28 bits per heavy atom. The Bertz CT molecular complexity index is 982. The molecule has 1 N–H and O–H groups in total. The van der Waals surface area contributed by atoms with E-state index in [9.17, 15) is 9.59 Å². The van der Waals surface area contributed by atoms with Gasteiger partial charge in [0.2, 0.25) is 0 Å². The monoisotopic (exact) mass is 339 g/mol. The number of fused-ring (bicyclic) bond motifs is 1. The summed E-state index contributed by atoms with van der Waals surface area (Å²) in [4.78, 5) is 24.5. The van der Waals surface area contributed by atoms with E-state index in [0.717, 1.165) is 16.8 Å². The van der Waals surface area contributed by atoms with E-state index in [1.807, 2.05) is 26.0 Å². The summed E-state index contributed by atoms with van der Waals surface area (Å²) in [5, 5.41) is 2.86. The molecule has 0 aliphatic heterocycles. The maximum absolute atomic E-state index is 12.5. The number of anilines is 1. The number of hydrogen-bond donors (Lipinski definition) is 1. The fourth-order valence-electron chi connectivity index (χ4n) is 2.74. The third-order valence-corrected chi connectivity index (χ3v) is 4.02. The van der Waals surface area contributed by atoms with Crippen LogP contribution in [0.3, 0.4) is 0 Å². The van der Waals surface area contributed by atoms with E-state index < -0.39 is 0 Å². The number of nitrogens with zero attached hydrogens (tertiary/aromatic N) is 2. The van der Waals surface area contributed by atoms with Gasteiger partial charge in [0.15, 0.2) is 0 Å². The van der Waals surface area contributed by atoms with Gasteiger partial charge in [-0.1, -0.05) is 0 Å². The number of ether oxygens (including phenoxy) is 1. The molecule has 3 rings (SSSR count). The minimum atomic E-state index is -0.226. The number of amides is 1. The van der Waals surface area contributed by atoms with Gasteiger partial charge in [0.1, 0.15) is 5.75 Å². The van der Waals surface area contributed by atoms with Crippen molar-refractivity contribution in [3.63, 3.8) is 0 Å². The summed E-state index contributed by atoms with van der Waals surface area (Å²) < 4.78 is 8.68. The lowest BCUT2D eigenvalue weighted by molar-refractivity contribution is 0.102. The molecule has 130 valence electrons. The molecule has 0 aliphatic carbocycles. The van der Waals surface area contributed by atoms with Crippen molar-refractivity contribution in [2.75, 3.05) is 5.32 Å². The average Bonchev–Trinajstić information content (AvgIpc) is 2.80. The van der Waals surface area contributed by atoms with E-state index >= 15 is 0 Å². The van der Waals surface area contributed by atoms with Crippen molar-refractivity contribution in [3.05, 3.63) is 58.5 Å². The topological polar surface area (TPSA) is 65.3 Å². The van der Waals surface area contributed by atoms with Crippen molar-refractivity contribution < 1.29 is 9.53 Å². The second-order valence-electron chi connectivity index (χ2n) is 6.25. The third kappa shape index (κ3) is 3.28. The van der Waals surface area contributed by atoms with Crippen LogP contribution in [0.1, 0.15) is 24.2 Å². The summed E-state index contributed by atoms with van der Waals surface area (Å²) in [5.74, 6) is 0.532. The van der Waals surface area contributed by atoms with Crippen LogP contribution in [-0.4, -0.2) is 21.1 Å². The molecule has 0 spiro atoms. The van der Waals surface area contributed by atoms with Crippen LogP contribution in [-0.2, 0) is 14.1 Å². The maximum atomic E-state index is 12.5. The fourth-order valence-corrected chi connectivity index (χ4v) is 2.74. The number of imidazole rings is 1. The Balaban J connectivity index is 1.82.